The Morgan fingerprint density at radius 2 is 2.62 bits per heavy atom. The summed E-state index contributed by atoms with van der Waals surface area (Å²) in [6.45, 7) is 2.53. The second-order valence-electron chi connectivity index (χ2n) is 2.18. The van der Waals surface area contributed by atoms with Gasteiger partial charge in [0.2, 0.25) is 0 Å². The van der Waals surface area contributed by atoms with Crippen molar-refractivity contribution < 1.29 is 4.79 Å². The van der Waals surface area contributed by atoms with Gasteiger partial charge in [-0.2, -0.15) is 0 Å². The van der Waals surface area contributed by atoms with Crippen LogP contribution in [0.15, 0.2) is 16.7 Å². The molecule has 0 aliphatic heterocycles. The summed E-state index contributed by atoms with van der Waals surface area (Å²) in [6.07, 6.45) is 1.33. The summed E-state index contributed by atoms with van der Waals surface area (Å²) in [6, 6.07) is 0. The molecule has 0 saturated carbocycles. The SMILES string of the molecule is CCN/N=N/c1[nH]cnc1C(N)=O. The molecular weight excluding hydrogens is 172 g/mol. The molecule has 7 nitrogen and oxygen atoms in total. The number of rotatable bonds is 4. The Morgan fingerprint density at radius 3 is 3.23 bits per heavy atom. The van der Waals surface area contributed by atoms with E-state index in [0.717, 1.165) is 0 Å². The fourth-order valence-corrected chi connectivity index (χ4v) is 0.700. The van der Waals surface area contributed by atoms with Crippen LogP contribution in [0.2, 0.25) is 0 Å². The van der Waals surface area contributed by atoms with Crippen molar-refractivity contribution >= 4 is 11.7 Å². The molecule has 1 aromatic heterocycles. The molecule has 0 bridgehead atoms. The molecule has 0 unspecified atom stereocenters. The average molecular weight is 182 g/mol. The van der Waals surface area contributed by atoms with E-state index >= 15 is 0 Å². The molecule has 0 radical (unpaired) electrons. The Bertz CT molecular complexity index is 317. The first-order valence-electron chi connectivity index (χ1n) is 3.72. The highest BCUT2D eigenvalue weighted by Gasteiger charge is 2.09. The Balaban J connectivity index is 2.76. The van der Waals surface area contributed by atoms with Gasteiger partial charge in [-0.15, -0.1) is 5.11 Å². The van der Waals surface area contributed by atoms with Gasteiger partial charge < -0.3 is 10.7 Å². The second-order valence-corrected chi connectivity index (χ2v) is 2.18. The number of aromatic amines is 1. The molecule has 70 valence electrons. The van der Waals surface area contributed by atoms with Crippen LogP contribution >= 0.6 is 0 Å². The first kappa shape index (κ1) is 9.17. The molecule has 1 aromatic rings. The third kappa shape index (κ3) is 2.26. The summed E-state index contributed by atoms with van der Waals surface area (Å²) < 4.78 is 0. The maximum atomic E-state index is 10.7. The lowest BCUT2D eigenvalue weighted by Crippen LogP contribution is -2.11. The number of carbonyl (C=O) groups excluding carboxylic acids is 1. The van der Waals surface area contributed by atoms with Gasteiger partial charge in [-0.1, -0.05) is 5.22 Å². The van der Waals surface area contributed by atoms with Crippen molar-refractivity contribution in [3.63, 3.8) is 0 Å². The van der Waals surface area contributed by atoms with E-state index in [-0.39, 0.29) is 11.5 Å². The standard InChI is InChI=1S/C6H10N6O/c1-2-10-12-11-6-4(5(7)13)8-3-9-6/h3H,2H2,1H3,(H2,7,13)(H,8,9)(H,10,11). The fourth-order valence-electron chi connectivity index (χ4n) is 0.700. The van der Waals surface area contributed by atoms with Gasteiger partial charge >= 0.3 is 0 Å². The third-order valence-electron chi connectivity index (χ3n) is 1.23. The summed E-state index contributed by atoms with van der Waals surface area (Å²) >= 11 is 0. The highest BCUT2D eigenvalue weighted by molar-refractivity contribution is 5.94. The molecule has 1 rings (SSSR count). The van der Waals surface area contributed by atoms with E-state index in [1.165, 1.54) is 6.33 Å². The number of H-pyrrole nitrogens is 1. The normalized spacial score (nSPS) is 10.5. The van der Waals surface area contributed by atoms with Crippen LogP contribution in [0.4, 0.5) is 5.82 Å². The smallest absolute Gasteiger partial charge is 0.271 e. The van der Waals surface area contributed by atoms with Crippen molar-refractivity contribution in [2.45, 2.75) is 6.92 Å². The van der Waals surface area contributed by atoms with Crippen LogP contribution in [-0.2, 0) is 0 Å². The fraction of sp³-hybridized carbons (Fsp3) is 0.333. The topological polar surface area (TPSA) is 109 Å². The summed E-state index contributed by atoms with van der Waals surface area (Å²) in [7, 11) is 0. The van der Waals surface area contributed by atoms with E-state index in [1.807, 2.05) is 6.92 Å². The van der Waals surface area contributed by atoms with Crippen molar-refractivity contribution in [2.24, 2.45) is 16.1 Å². The lowest BCUT2D eigenvalue weighted by atomic mass is 10.4. The highest BCUT2D eigenvalue weighted by Crippen LogP contribution is 2.11. The van der Waals surface area contributed by atoms with Crippen molar-refractivity contribution in [1.29, 1.82) is 0 Å². The lowest BCUT2D eigenvalue weighted by molar-refractivity contribution is 0.0996. The number of nitrogens with two attached hydrogens (primary N) is 1. The predicted octanol–water partition coefficient (Wildman–Crippen LogP) is 0.117. The monoisotopic (exact) mass is 182 g/mol. The minimum absolute atomic E-state index is 0.0849. The summed E-state index contributed by atoms with van der Waals surface area (Å²) in [4.78, 5) is 17.0. The van der Waals surface area contributed by atoms with Crippen LogP contribution < -0.4 is 11.2 Å². The first-order chi connectivity index (χ1) is 6.25. The van der Waals surface area contributed by atoms with Crippen molar-refractivity contribution in [1.82, 2.24) is 15.4 Å². The van der Waals surface area contributed by atoms with Gasteiger partial charge in [-0.3, -0.25) is 10.2 Å². The predicted molar refractivity (Wildman–Crippen MR) is 45.3 cm³/mol. The minimum atomic E-state index is -0.633. The number of nitrogens with one attached hydrogen (secondary N) is 2. The van der Waals surface area contributed by atoms with Crippen LogP contribution in [0.5, 0.6) is 0 Å². The molecule has 7 heteroatoms. The summed E-state index contributed by atoms with van der Waals surface area (Å²) in [5, 5.41) is 7.24. The third-order valence-corrected chi connectivity index (χ3v) is 1.23. The zero-order valence-electron chi connectivity index (χ0n) is 7.11. The number of hydrogen-bond donors (Lipinski definition) is 3. The van der Waals surface area contributed by atoms with Gasteiger partial charge in [0, 0.05) is 6.54 Å². The molecule has 1 amide bonds. The molecular formula is C6H10N6O. The number of nitrogens with zero attached hydrogens (tertiary/aromatic N) is 3. The van der Waals surface area contributed by atoms with Crippen LogP contribution in [0.25, 0.3) is 0 Å². The minimum Gasteiger partial charge on any atom is -0.364 e. The molecule has 1 heterocycles. The molecule has 0 saturated heterocycles. The summed E-state index contributed by atoms with van der Waals surface area (Å²) in [5.41, 5.74) is 7.72. The van der Waals surface area contributed by atoms with Crippen molar-refractivity contribution in [3.8, 4) is 0 Å². The quantitative estimate of drug-likeness (QED) is 0.454. The number of aromatic nitrogens is 2. The molecule has 0 aromatic carbocycles. The largest absolute Gasteiger partial charge is 0.364 e. The Labute approximate surface area is 74.4 Å². The van der Waals surface area contributed by atoms with Crippen LogP contribution in [0, 0.1) is 0 Å². The first-order valence-corrected chi connectivity index (χ1v) is 3.72. The lowest BCUT2D eigenvalue weighted by Gasteiger charge is -1.91. The molecule has 0 atom stereocenters. The van der Waals surface area contributed by atoms with E-state index < -0.39 is 5.91 Å². The number of hydrogen-bond acceptors (Lipinski definition) is 4. The Morgan fingerprint density at radius 1 is 1.85 bits per heavy atom. The van der Waals surface area contributed by atoms with E-state index in [0.29, 0.717) is 6.54 Å². The van der Waals surface area contributed by atoms with E-state index in [2.05, 4.69) is 25.7 Å². The Hall–Kier alpha value is -1.92. The Kier molecular flexibility index (Phi) is 2.96. The van der Waals surface area contributed by atoms with Crippen molar-refractivity contribution in [2.75, 3.05) is 6.54 Å². The zero-order valence-corrected chi connectivity index (χ0v) is 7.11. The van der Waals surface area contributed by atoms with Crippen LogP contribution in [-0.4, -0.2) is 22.4 Å². The van der Waals surface area contributed by atoms with Gasteiger partial charge in [-0.25, -0.2) is 4.98 Å². The van der Waals surface area contributed by atoms with E-state index in [1.54, 1.807) is 0 Å². The molecule has 0 fully saturated rings. The number of amides is 1. The highest BCUT2D eigenvalue weighted by atomic mass is 16.1. The van der Waals surface area contributed by atoms with E-state index in [4.69, 9.17) is 5.73 Å². The molecule has 0 aliphatic rings. The molecule has 13 heavy (non-hydrogen) atoms. The van der Waals surface area contributed by atoms with Gasteiger partial charge in [-0.05, 0) is 6.92 Å². The van der Waals surface area contributed by atoms with E-state index in [9.17, 15) is 4.79 Å². The molecule has 0 spiro atoms. The van der Waals surface area contributed by atoms with Gasteiger partial charge in [0.1, 0.15) is 0 Å². The average Bonchev–Trinajstić information content (AvgIpc) is 2.53. The van der Waals surface area contributed by atoms with Gasteiger partial charge in [0.15, 0.2) is 11.5 Å². The van der Waals surface area contributed by atoms with Crippen molar-refractivity contribution in [3.05, 3.63) is 12.0 Å². The second kappa shape index (κ2) is 4.19. The number of carbonyl (C=O) groups is 1. The van der Waals surface area contributed by atoms with Gasteiger partial charge in [0.05, 0.1) is 6.33 Å². The molecule has 4 N–H and O–H groups in total. The molecule has 0 aliphatic carbocycles. The number of imidazole rings is 1. The van der Waals surface area contributed by atoms with Crippen LogP contribution in [0.3, 0.4) is 0 Å². The number of primary amides is 1. The van der Waals surface area contributed by atoms with Crippen LogP contribution in [0.1, 0.15) is 17.4 Å². The van der Waals surface area contributed by atoms with Gasteiger partial charge in [0.25, 0.3) is 5.91 Å². The maximum Gasteiger partial charge on any atom is 0.271 e. The summed E-state index contributed by atoms with van der Waals surface area (Å²) in [5.74, 6) is -0.375. The maximum absolute atomic E-state index is 10.7. The zero-order chi connectivity index (χ0) is 9.68.